The van der Waals surface area contributed by atoms with Crippen LogP contribution in [0.5, 0.6) is 11.5 Å². The summed E-state index contributed by atoms with van der Waals surface area (Å²) >= 11 is 0. The molecule has 28 heavy (non-hydrogen) atoms. The van der Waals surface area contributed by atoms with Crippen molar-refractivity contribution in [1.82, 2.24) is 24.7 Å². The summed E-state index contributed by atoms with van der Waals surface area (Å²) in [5.41, 5.74) is 3.06. The molecule has 0 saturated heterocycles. The molecule has 5 aromatic rings. The van der Waals surface area contributed by atoms with Crippen molar-refractivity contribution in [3.05, 3.63) is 66.4 Å². The van der Waals surface area contributed by atoms with Gasteiger partial charge in [-0.3, -0.25) is 9.38 Å². The van der Waals surface area contributed by atoms with Crippen LogP contribution in [0.25, 0.3) is 27.9 Å². The van der Waals surface area contributed by atoms with Gasteiger partial charge in [-0.05, 0) is 37.3 Å². The fourth-order valence-corrected chi connectivity index (χ4v) is 3.06. The fourth-order valence-electron chi connectivity index (χ4n) is 3.06. The van der Waals surface area contributed by atoms with Gasteiger partial charge in [0.25, 0.3) is 0 Å². The Bertz CT molecular complexity index is 1310. The highest BCUT2D eigenvalue weighted by molar-refractivity contribution is 5.85. The second-order valence-electron chi connectivity index (χ2n) is 6.39. The summed E-state index contributed by atoms with van der Waals surface area (Å²) in [5.74, 6) is 2.15. The second kappa shape index (κ2) is 6.34. The molecule has 0 aliphatic carbocycles. The van der Waals surface area contributed by atoms with Gasteiger partial charge in [0, 0.05) is 35.5 Å². The van der Waals surface area contributed by atoms with Crippen LogP contribution in [0, 0.1) is 6.92 Å². The maximum Gasteiger partial charge on any atom is 0.175 e. The van der Waals surface area contributed by atoms with Gasteiger partial charge in [0.15, 0.2) is 17.2 Å². The minimum absolute atomic E-state index is 0.163. The molecule has 4 heterocycles. The molecule has 0 spiro atoms. The Balaban J connectivity index is 1.47. The molecule has 0 atom stereocenters. The molecular formula is C20H15N5O3. The Hall–Kier alpha value is -3.94. The van der Waals surface area contributed by atoms with E-state index in [1.54, 1.807) is 30.5 Å². The van der Waals surface area contributed by atoms with E-state index in [9.17, 15) is 5.11 Å². The highest BCUT2D eigenvalue weighted by Gasteiger charge is 2.11. The van der Waals surface area contributed by atoms with Gasteiger partial charge in [-0.25, -0.2) is 0 Å². The molecule has 0 bridgehead atoms. The van der Waals surface area contributed by atoms with Gasteiger partial charge in [0.05, 0.1) is 11.2 Å². The lowest BCUT2D eigenvalue weighted by Crippen LogP contribution is -2.02. The van der Waals surface area contributed by atoms with Gasteiger partial charge in [0.2, 0.25) is 0 Å². The van der Waals surface area contributed by atoms with Crippen LogP contribution >= 0.6 is 0 Å². The van der Waals surface area contributed by atoms with E-state index >= 15 is 0 Å². The molecule has 0 amide bonds. The molecule has 8 nitrogen and oxygen atoms in total. The third-order valence-electron chi connectivity index (χ3n) is 4.43. The highest BCUT2D eigenvalue weighted by atomic mass is 16.5. The van der Waals surface area contributed by atoms with Crippen LogP contribution in [-0.2, 0) is 6.61 Å². The number of hydrogen-bond acceptors (Lipinski definition) is 7. The molecule has 8 heteroatoms. The number of aryl methyl sites for hydroxylation is 1. The zero-order chi connectivity index (χ0) is 19.1. The predicted octanol–water partition coefficient (Wildman–Crippen LogP) is 3.53. The van der Waals surface area contributed by atoms with Crippen LogP contribution in [0.3, 0.4) is 0 Å². The van der Waals surface area contributed by atoms with E-state index in [2.05, 4.69) is 20.3 Å². The van der Waals surface area contributed by atoms with E-state index in [1.807, 2.05) is 35.7 Å². The minimum atomic E-state index is 0.163. The van der Waals surface area contributed by atoms with Crippen LogP contribution in [0.4, 0.5) is 0 Å². The molecule has 5 rings (SSSR count). The second-order valence-corrected chi connectivity index (χ2v) is 6.39. The first kappa shape index (κ1) is 16.2. The van der Waals surface area contributed by atoms with Crippen LogP contribution in [0.1, 0.15) is 11.5 Å². The van der Waals surface area contributed by atoms with E-state index in [0.717, 1.165) is 16.6 Å². The largest absolute Gasteiger partial charge is 0.508 e. The molecule has 0 unspecified atom stereocenters. The van der Waals surface area contributed by atoms with Crippen molar-refractivity contribution in [2.45, 2.75) is 13.5 Å². The lowest BCUT2D eigenvalue weighted by atomic mass is 10.2. The summed E-state index contributed by atoms with van der Waals surface area (Å²) in [6, 6.07) is 12.4. The van der Waals surface area contributed by atoms with Crippen LogP contribution in [0.2, 0.25) is 0 Å². The van der Waals surface area contributed by atoms with E-state index in [4.69, 9.17) is 9.26 Å². The van der Waals surface area contributed by atoms with E-state index in [-0.39, 0.29) is 12.4 Å². The average Bonchev–Trinajstić information content (AvgIpc) is 3.31. The molecule has 0 fully saturated rings. The lowest BCUT2D eigenvalue weighted by molar-refractivity contribution is 0.298. The third-order valence-corrected chi connectivity index (χ3v) is 4.43. The molecule has 4 aromatic heterocycles. The number of nitrogens with zero attached hydrogens (tertiary/aromatic N) is 5. The summed E-state index contributed by atoms with van der Waals surface area (Å²) in [5, 5.41) is 22.8. The minimum Gasteiger partial charge on any atom is -0.508 e. The predicted molar refractivity (Wildman–Crippen MR) is 101 cm³/mol. The maximum absolute atomic E-state index is 9.63. The lowest BCUT2D eigenvalue weighted by Gasteiger charge is -2.08. The number of aromatic hydroxyl groups is 1. The molecule has 0 radical (unpaired) electrons. The standard InChI is InChI=1S/C20H15N5O3/c1-12-8-18(28-24-12)13-2-5-19-22-23-20(25(19)10-13)11-27-17-6-7-21-16-9-14(26)3-4-15(16)17/h2-10,26H,11H2,1H3. The van der Waals surface area contributed by atoms with Gasteiger partial charge in [-0.2, -0.15) is 0 Å². The van der Waals surface area contributed by atoms with Crippen molar-refractivity contribution in [2.24, 2.45) is 0 Å². The topological polar surface area (TPSA) is 98.6 Å². The van der Waals surface area contributed by atoms with Crippen LogP contribution < -0.4 is 4.74 Å². The highest BCUT2D eigenvalue weighted by Crippen LogP contribution is 2.27. The first-order valence-corrected chi connectivity index (χ1v) is 8.65. The van der Waals surface area contributed by atoms with Gasteiger partial charge < -0.3 is 14.4 Å². The number of rotatable bonds is 4. The van der Waals surface area contributed by atoms with Crippen molar-refractivity contribution < 1.29 is 14.4 Å². The first-order valence-electron chi connectivity index (χ1n) is 8.65. The van der Waals surface area contributed by atoms with Gasteiger partial charge >= 0.3 is 0 Å². The number of hydrogen-bond donors (Lipinski definition) is 1. The van der Waals surface area contributed by atoms with Crippen molar-refractivity contribution in [3.63, 3.8) is 0 Å². The molecular weight excluding hydrogens is 358 g/mol. The molecule has 0 aliphatic rings. The number of aromatic nitrogens is 5. The molecule has 138 valence electrons. The Labute approximate surface area is 159 Å². The van der Waals surface area contributed by atoms with E-state index < -0.39 is 0 Å². The van der Waals surface area contributed by atoms with Crippen molar-refractivity contribution >= 4 is 16.6 Å². The van der Waals surface area contributed by atoms with Crippen molar-refractivity contribution in [2.75, 3.05) is 0 Å². The van der Waals surface area contributed by atoms with E-state index in [1.165, 1.54) is 0 Å². The van der Waals surface area contributed by atoms with Crippen LogP contribution in [-0.4, -0.2) is 29.8 Å². The maximum atomic E-state index is 9.63. The monoisotopic (exact) mass is 373 g/mol. The number of ether oxygens (including phenoxy) is 1. The van der Waals surface area contributed by atoms with E-state index in [0.29, 0.717) is 28.5 Å². The number of benzene rings is 1. The van der Waals surface area contributed by atoms with Gasteiger partial charge in [-0.15, -0.1) is 10.2 Å². The molecule has 1 aromatic carbocycles. The summed E-state index contributed by atoms with van der Waals surface area (Å²) < 4.78 is 13.2. The zero-order valence-corrected chi connectivity index (χ0v) is 14.9. The summed E-state index contributed by atoms with van der Waals surface area (Å²) in [6.07, 6.45) is 3.54. The average molecular weight is 373 g/mol. The Morgan fingerprint density at radius 2 is 2.04 bits per heavy atom. The molecule has 0 saturated carbocycles. The quantitative estimate of drug-likeness (QED) is 0.514. The Kier molecular flexibility index (Phi) is 3.68. The van der Waals surface area contributed by atoms with Crippen LogP contribution in [0.15, 0.2) is 59.4 Å². The van der Waals surface area contributed by atoms with Gasteiger partial charge in [0.1, 0.15) is 18.1 Å². The SMILES string of the molecule is Cc1cc(-c2ccc3nnc(COc4ccnc5cc(O)ccc45)n3c2)on1. The fraction of sp³-hybridized carbons (Fsp3) is 0.100. The number of phenols is 1. The number of phenolic OH excluding ortho intramolecular Hbond substituents is 1. The summed E-state index contributed by atoms with van der Waals surface area (Å²) in [7, 11) is 0. The normalized spacial score (nSPS) is 11.3. The number of fused-ring (bicyclic) bond motifs is 2. The Morgan fingerprint density at radius 3 is 2.89 bits per heavy atom. The molecule has 1 N–H and O–H groups in total. The third kappa shape index (κ3) is 2.81. The number of pyridine rings is 2. The summed E-state index contributed by atoms with van der Waals surface area (Å²) in [4.78, 5) is 4.26. The Morgan fingerprint density at radius 1 is 1.11 bits per heavy atom. The first-order chi connectivity index (χ1) is 13.7. The van der Waals surface area contributed by atoms with Crippen molar-refractivity contribution in [3.8, 4) is 22.8 Å². The zero-order valence-electron chi connectivity index (χ0n) is 14.9. The van der Waals surface area contributed by atoms with Gasteiger partial charge in [-0.1, -0.05) is 5.16 Å². The molecule has 0 aliphatic heterocycles. The smallest absolute Gasteiger partial charge is 0.175 e. The summed E-state index contributed by atoms with van der Waals surface area (Å²) in [6.45, 7) is 2.10. The van der Waals surface area contributed by atoms with Crippen molar-refractivity contribution in [1.29, 1.82) is 0 Å².